The molecule has 0 saturated carbocycles. The number of rotatable bonds is 5. The van der Waals surface area contributed by atoms with Gasteiger partial charge in [-0.15, -0.1) is 0 Å². The topological polar surface area (TPSA) is 98.7 Å². The Hall–Kier alpha value is -3.13. The zero-order valence-electron chi connectivity index (χ0n) is 14.7. The van der Waals surface area contributed by atoms with E-state index in [9.17, 15) is 9.59 Å². The fourth-order valence-corrected chi connectivity index (χ4v) is 3.30. The Morgan fingerprint density at radius 2 is 2.11 bits per heavy atom. The fourth-order valence-electron chi connectivity index (χ4n) is 3.09. The maximum Gasteiger partial charge on any atom is 0.329 e. The van der Waals surface area contributed by atoms with Gasteiger partial charge in [-0.05, 0) is 37.1 Å². The molecule has 2 aromatic heterocycles. The van der Waals surface area contributed by atoms with Crippen LogP contribution in [0, 0.1) is 0 Å². The van der Waals surface area contributed by atoms with E-state index >= 15 is 0 Å². The third-order valence-corrected chi connectivity index (χ3v) is 4.76. The van der Waals surface area contributed by atoms with Crippen LogP contribution in [0.1, 0.15) is 29.2 Å². The van der Waals surface area contributed by atoms with E-state index in [-0.39, 0.29) is 30.0 Å². The summed E-state index contributed by atoms with van der Waals surface area (Å²) in [4.78, 5) is 30.6. The molecule has 1 aromatic carbocycles. The van der Waals surface area contributed by atoms with E-state index < -0.39 is 12.0 Å². The van der Waals surface area contributed by atoms with Gasteiger partial charge in [-0.25, -0.2) is 4.79 Å². The number of carbonyl (C=O) groups excluding carboxylic acids is 2. The number of amides is 1. The summed E-state index contributed by atoms with van der Waals surface area (Å²) >= 11 is 6.11. The molecular weight excluding hydrogens is 386 g/mol. The van der Waals surface area contributed by atoms with Crippen molar-refractivity contribution < 1.29 is 23.3 Å². The van der Waals surface area contributed by atoms with Crippen molar-refractivity contribution in [3.63, 3.8) is 0 Å². The summed E-state index contributed by atoms with van der Waals surface area (Å²) in [5.41, 5.74) is 0.597. The van der Waals surface area contributed by atoms with Crippen molar-refractivity contribution in [1.82, 2.24) is 15.0 Å². The molecule has 0 unspecified atom stereocenters. The molecule has 144 valence electrons. The van der Waals surface area contributed by atoms with Gasteiger partial charge in [0.2, 0.25) is 5.82 Å². The van der Waals surface area contributed by atoms with E-state index in [0.717, 1.165) is 0 Å². The number of furan rings is 1. The van der Waals surface area contributed by atoms with Crippen LogP contribution in [0.3, 0.4) is 0 Å². The van der Waals surface area contributed by atoms with Crippen LogP contribution in [0.2, 0.25) is 5.02 Å². The molecule has 3 aromatic rings. The number of likely N-dealkylation sites (tertiary alicyclic amines) is 1. The molecule has 0 bridgehead atoms. The zero-order valence-corrected chi connectivity index (χ0v) is 15.5. The minimum atomic E-state index is -0.660. The van der Waals surface area contributed by atoms with Crippen LogP contribution in [0.5, 0.6) is 0 Å². The highest BCUT2D eigenvalue weighted by atomic mass is 35.5. The number of hydrogen-bond acceptors (Lipinski definition) is 7. The summed E-state index contributed by atoms with van der Waals surface area (Å²) in [5.74, 6) is -0.189. The Balaban J connectivity index is 1.39. The smallest absolute Gasteiger partial charge is 0.329 e. The van der Waals surface area contributed by atoms with Crippen molar-refractivity contribution in [1.29, 1.82) is 0 Å². The van der Waals surface area contributed by atoms with Crippen LogP contribution >= 0.6 is 11.6 Å². The lowest BCUT2D eigenvalue weighted by Crippen LogP contribution is -2.41. The molecule has 1 aliphatic rings. The first-order valence-electron chi connectivity index (χ1n) is 8.72. The van der Waals surface area contributed by atoms with Gasteiger partial charge >= 0.3 is 5.97 Å². The lowest BCUT2D eigenvalue weighted by atomic mass is 10.2. The van der Waals surface area contributed by atoms with Crippen molar-refractivity contribution in [3.8, 4) is 11.5 Å². The molecule has 1 aliphatic heterocycles. The number of carbonyl (C=O) groups is 2. The third kappa shape index (κ3) is 3.63. The molecule has 3 heterocycles. The Kier molecular flexibility index (Phi) is 5.12. The zero-order chi connectivity index (χ0) is 19.5. The molecule has 1 amide bonds. The molecule has 0 radical (unpaired) electrons. The molecular formula is C19H16ClN3O5. The number of hydrogen-bond donors (Lipinski definition) is 0. The number of esters is 1. The van der Waals surface area contributed by atoms with Crippen LogP contribution < -0.4 is 0 Å². The summed E-state index contributed by atoms with van der Waals surface area (Å²) in [7, 11) is 0. The lowest BCUT2D eigenvalue weighted by molar-refractivity contribution is -0.149. The van der Waals surface area contributed by atoms with Gasteiger partial charge in [0.15, 0.2) is 12.4 Å². The van der Waals surface area contributed by atoms with E-state index in [1.807, 2.05) is 0 Å². The van der Waals surface area contributed by atoms with Crippen molar-refractivity contribution in [3.05, 3.63) is 59.3 Å². The fraction of sp³-hybridized carbons (Fsp3) is 0.263. The number of ether oxygens (including phenoxy) is 1. The second-order valence-electron chi connectivity index (χ2n) is 6.24. The van der Waals surface area contributed by atoms with Gasteiger partial charge in [0, 0.05) is 6.54 Å². The van der Waals surface area contributed by atoms with Crippen LogP contribution in [0.15, 0.2) is 51.6 Å². The second kappa shape index (κ2) is 7.85. The SMILES string of the molecule is O=C(OCc1noc(-c2ccccc2Cl)n1)[C@@H]1CCCN1C(=O)c1ccco1. The lowest BCUT2D eigenvalue weighted by Gasteiger charge is -2.21. The van der Waals surface area contributed by atoms with Crippen LogP contribution in [0.25, 0.3) is 11.5 Å². The molecule has 28 heavy (non-hydrogen) atoms. The van der Waals surface area contributed by atoms with Crippen LogP contribution in [-0.4, -0.2) is 39.5 Å². The van der Waals surface area contributed by atoms with E-state index in [1.165, 1.54) is 11.2 Å². The predicted molar refractivity (Wildman–Crippen MR) is 97.3 cm³/mol. The minimum Gasteiger partial charge on any atom is -0.459 e. The highest BCUT2D eigenvalue weighted by Crippen LogP contribution is 2.26. The van der Waals surface area contributed by atoms with Crippen molar-refractivity contribution in [2.24, 2.45) is 0 Å². The van der Waals surface area contributed by atoms with Crippen LogP contribution in [-0.2, 0) is 16.1 Å². The first kappa shape index (κ1) is 18.2. The maximum atomic E-state index is 12.5. The standard InChI is InChI=1S/C19H16ClN3O5/c20-13-6-2-1-5-12(13)17-21-16(22-28-17)11-27-19(25)14-7-3-9-23(14)18(24)15-8-4-10-26-15/h1-2,4-6,8,10,14H,3,7,9,11H2/t14-/m0/s1. The first-order chi connectivity index (χ1) is 13.6. The summed E-state index contributed by atoms with van der Waals surface area (Å²) in [6.45, 7) is 0.310. The summed E-state index contributed by atoms with van der Waals surface area (Å²) < 4.78 is 15.6. The summed E-state index contributed by atoms with van der Waals surface area (Å²) in [5, 5.41) is 4.29. The van der Waals surface area contributed by atoms with Gasteiger partial charge in [0.25, 0.3) is 11.8 Å². The Labute approximate surface area is 165 Å². The van der Waals surface area contributed by atoms with Gasteiger partial charge in [0.05, 0.1) is 16.8 Å². The quantitative estimate of drug-likeness (QED) is 0.604. The number of nitrogens with zero attached hydrogens (tertiary/aromatic N) is 3. The Morgan fingerprint density at radius 3 is 2.89 bits per heavy atom. The average Bonchev–Trinajstić information content (AvgIpc) is 3.47. The van der Waals surface area contributed by atoms with E-state index in [2.05, 4.69) is 10.1 Å². The van der Waals surface area contributed by atoms with Crippen molar-refractivity contribution >= 4 is 23.5 Å². The van der Waals surface area contributed by atoms with Gasteiger partial charge in [-0.2, -0.15) is 4.98 Å². The Bertz CT molecular complexity index is 985. The van der Waals surface area contributed by atoms with Crippen molar-refractivity contribution in [2.75, 3.05) is 6.54 Å². The molecule has 8 nitrogen and oxygen atoms in total. The Morgan fingerprint density at radius 1 is 1.25 bits per heavy atom. The maximum absolute atomic E-state index is 12.5. The third-order valence-electron chi connectivity index (χ3n) is 4.43. The van der Waals surface area contributed by atoms with Gasteiger partial charge in [-0.3, -0.25) is 4.79 Å². The molecule has 1 saturated heterocycles. The van der Waals surface area contributed by atoms with E-state index in [4.69, 9.17) is 25.3 Å². The number of aromatic nitrogens is 2. The highest BCUT2D eigenvalue weighted by Gasteiger charge is 2.36. The molecule has 0 aliphatic carbocycles. The van der Waals surface area contributed by atoms with Gasteiger partial charge in [-0.1, -0.05) is 28.9 Å². The van der Waals surface area contributed by atoms with Gasteiger partial charge < -0.3 is 18.6 Å². The first-order valence-corrected chi connectivity index (χ1v) is 9.10. The largest absolute Gasteiger partial charge is 0.459 e. The van der Waals surface area contributed by atoms with Crippen molar-refractivity contribution in [2.45, 2.75) is 25.5 Å². The number of halogens is 1. The monoisotopic (exact) mass is 401 g/mol. The molecule has 9 heteroatoms. The van der Waals surface area contributed by atoms with Gasteiger partial charge in [0.1, 0.15) is 6.04 Å². The molecule has 1 fully saturated rings. The van der Waals surface area contributed by atoms with Crippen LogP contribution in [0.4, 0.5) is 0 Å². The normalized spacial score (nSPS) is 16.3. The molecule has 0 N–H and O–H groups in total. The molecule has 4 rings (SSSR count). The average molecular weight is 402 g/mol. The van der Waals surface area contributed by atoms with E-state index in [0.29, 0.717) is 30.0 Å². The summed E-state index contributed by atoms with van der Waals surface area (Å²) in [6.07, 6.45) is 2.66. The number of benzene rings is 1. The molecule has 0 spiro atoms. The highest BCUT2D eigenvalue weighted by molar-refractivity contribution is 6.33. The molecule has 1 atom stereocenters. The summed E-state index contributed by atoms with van der Waals surface area (Å²) in [6, 6.07) is 9.60. The van der Waals surface area contributed by atoms with E-state index in [1.54, 1.807) is 36.4 Å². The second-order valence-corrected chi connectivity index (χ2v) is 6.64. The predicted octanol–water partition coefficient (Wildman–Crippen LogP) is 3.33. The minimum absolute atomic E-state index is 0.161.